The number of para-hydroxylation sites is 5. The minimum absolute atomic E-state index is 0.547. The fourth-order valence-electron chi connectivity index (χ4n) is 10.7. The van der Waals surface area contributed by atoms with Crippen LogP contribution in [-0.2, 0) is 12.8 Å². The Kier molecular flexibility index (Phi) is 8.89. The standard InChI is InChI=1S/C59H42N6Si/c1-4-24-45(25-5-1)66(46-26-6-2-7-27-46,47-28-8-3-9-29-47)48-36-37-50-49-30-14-19-35-55(49)65(56(50)40-48)59-61-57(63-51-31-15-10-20-41(51)38-42-21-11-16-32-52(42)63)60-58(62-59)64-53-33-17-12-22-43(53)39-44-23-13-18-34-54(44)64/h1-37,40H,38-39H2. The van der Waals surface area contributed by atoms with Crippen molar-refractivity contribution in [3.05, 3.63) is 253 Å². The van der Waals surface area contributed by atoms with Gasteiger partial charge in [0.1, 0.15) is 0 Å². The molecule has 0 radical (unpaired) electrons. The van der Waals surface area contributed by atoms with Crippen LogP contribution in [0.4, 0.5) is 34.6 Å². The Hall–Kier alpha value is -8.39. The number of hydrogen-bond donors (Lipinski definition) is 0. The van der Waals surface area contributed by atoms with Crippen molar-refractivity contribution in [3.63, 3.8) is 0 Å². The molecule has 0 bridgehead atoms. The van der Waals surface area contributed by atoms with Gasteiger partial charge in [0, 0.05) is 23.6 Å². The van der Waals surface area contributed by atoms with Crippen LogP contribution in [0.25, 0.3) is 27.8 Å². The van der Waals surface area contributed by atoms with Gasteiger partial charge in [0.05, 0.1) is 33.8 Å². The van der Waals surface area contributed by atoms with Crippen molar-refractivity contribution in [3.8, 4) is 5.95 Å². The van der Waals surface area contributed by atoms with E-state index in [0.29, 0.717) is 17.8 Å². The highest BCUT2D eigenvalue weighted by molar-refractivity contribution is 7.20. The first-order valence-electron chi connectivity index (χ1n) is 22.6. The fraction of sp³-hybridized carbons (Fsp3) is 0.0339. The summed E-state index contributed by atoms with van der Waals surface area (Å²) in [7, 11) is -2.91. The van der Waals surface area contributed by atoms with Gasteiger partial charge in [0.25, 0.3) is 0 Å². The predicted octanol–water partition coefficient (Wildman–Crippen LogP) is 11.1. The molecule has 66 heavy (non-hydrogen) atoms. The fourth-order valence-corrected chi connectivity index (χ4v) is 15.5. The molecule has 13 rings (SSSR count). The van der Waals surface area contributed by atoms with Crippen LogP contribution in [0.3, 0.4) is 0 Å². The topological polar surface area (TPSA) is 50.1 Å². The zero-order valence-electron chi connectivity index (χ0n) is 36.0. The van der Waals surface area contributed by atoms with Crippen LogP contribution < -0.4 is 30.5 Å². The van der Waals surface area contributed by atoms with Crippen molar-refractivity contribution in [2.24, 2.45) is 0 Å². The molecule has 2 aliphatic heterocycles. The van der Waals surface area contributed by atoms with Gasteiger partial charge in [0.15, 0.2) is 8.07 Å². The Morgan fingerprint density at radius 2 is 0.667 bits per heavy atom. The second-order valence-electron chi connectivity index (χ2n) is 17.2. The molecule has 11 aromatic rings. The van der Waals surface area contributed by atoms with E-state index in [1.54, 1.807) is 0 Å². The summed E-state index contributed by atoms with van der Waals surface area (Å²) in [5.74, 6) is 1.66. The molecule has 0 aliphatic carbocycles. The lowest BCUT2D eigenvalue weighted by atomic mass is 9.96. The predicted molar refractivity (Wildman–Crippen MR) is 273 cm³/mol. The van der Waals surface area contributed by atoms with Crippen LogP contribution in [0.2, 0.25) is 0 Å². The van der Waals surface area contributed by atoms with E-state index in [2.05, 4.69) is 245 Å². The number of hydrogen-bond acceptors (Lipinski definition) is 5. The zero-order chi connectivity index (χ0) is 43.6. The number of nitrogens with zero attached hydrogens (tertiary/aromatic N) is 6. The molecule has 2 aliphatic rings. The number of benzene rings is 9. The van der Waals surface area contributed by atoms with Crippen molar-refractivity contribution >= 4 is 85.3 Å². The zero-order valence-corrected chi connectivity index (χ0v) is 37.0. The third kappa shape index (κ3) is 5.90. The van der Waals surface area contributed by atoms with Gasteiger partial charge in [-0.25, -0.2) is 0 Å². The van der Waals surface area contributed by atoms with Crippen molar-refractivity contribution in [2.45, 2.75) is 12.8 Å². The molecule has 0 unspecified atom stereocenters. The van der Waals surface area contributed by atoms with Gasteiger partial charge in [0.2, 0.25) is 17.8 Å². The molecule has 0 N–H and O–H groups in total. The molecule has 2 aromatic heterocycles. The van der Waals surface area contributed by atoms with Crippen LogP contribution >= 0.6 is 0 Å². The molecular formula is C59H42N6Si. The molecule has 0 saturated heterocycles. The summed E-state index contributed by atoms with van der Waals surface area (Å²) in [6.07, 6.45) is 1.65. The van der Waals surface area contributed by atoms with Crippen molar-refractivity contribution < 1.29 is 0 Å². The van der Waals surface area contributed by atoms with Gasteiger partial charge in [-0.2, -0.15) is 15.0 Å². The molecule has 7 heteroatoms. The number of rotatable bonds is 7. The molecule has 0 saturated carbocycles. The van der Waals surface area contributed by atoms with Crippen LogP contribution in [0.5, 0.6) is 0 Å². The number of fused-ring (bicyclic) bond motifs is 7. The minimum Gasteiger partial charge on any atom is -0.278 e. The number of aromatic nitrogens is 4. The molecule has 0 amide bonds. The Morgan fingerprint density at radius 3 is 1.12 bits per heavy atom. The van der Waals surface area contributed by atoms with Gasteiger partial charge in [-0.3, -0.25) is 14.4 Å². The molecule has 4 heterocycles. The molecule has 6 nitrogen and oxygen atoms in total. The monoisotopic (exact) mass is 862 g/mol. The molecule has 9 aromatic carbocycles. The van der Waals surface area contributed by atoms with Gasteiger partial charge in [-0.05, 0) is 79.4 Å². The van der Waals surface area contributed by atoms with Crippen molar-refractivity contribution in [1.29, 1.82) is 0 Å². The third-order valence-corrected chi connectivity index (χ3v) is 18.4. The maximum atomic E-state index is 5.62. The average Bonchev–Trinajstić information content (AvgIpc) is 3.72. The lowest BCUT2D eigenvalue weighted by molar-refractivity contribution is 0.900. The second-order valence-corrected chi connectivity index (χ2v) is 21.0. The Labute approximate surface area is 384 Å². The first kappa shape index (κ1) is 38.1. The summed E-state index contributed by atoms with van der Waals surface area (Å²) in [5, 5.41) is 7.50. The minimum atomic E-state index is -2.91. The highest BCUT2D eigenvalue weighted by Gasteiger charge is 2.42. The largest absolute Gasteiger partial charge is 0.278 e. The van der Waals surface area contributed by atoms with Crippen molar-refractivity contribution in [1.82, 2.24) is 19.5 Å². The van der Waals surface area contributed by atoms with E-state index in [1.807, 2.05) is 0 Å². The SMILES string of the molecule is c1ccc([Si](c2ccccc2)(c2ccccc2)c2ccc3c4ccccc4n(-c4nc(N5c6ccccc6Cc6ccccc65)nc(N5c6ccccc6Cc6ccccc65)n4)c3c2)cc1. The normalized spacial score (nSPS) is 13.0. The maximum Gasteiger partial charge on any atom is 0.241 e. The quantitative estimate of drug-likeness (QED) is 0.118. The third-order valence-electron chi connectivity index (χ3n) is 13.6. The maximum absolute atomic E-state index is 5.62. The van der Waals surface area contributed by atoms with E-state index in [0.717, 1.165) is 57.4 Å². The van der Waals surface area contributed by atoms with E-state index >= 15 is 0 Å². The number of anilines is 6. The van der Waals surface area contributed by atoms with Crippen LogP contribution in [-0.4, -0.2) is 27.6 Å². The lowest BCUT2D eigenvalue weighted by Gasteiger charge is -2.34. The smallest absolute Gasteiger partial charge is 0.241 e. The first-order chi connectivity index (χ1) is 32.7. The molecule has 312 valence electrons. The van der Waals surface area contributed by atoms with E-state index in [4.69, 9.17) is 15.0 Å². The summed E-state index contributed by atoms with van der Waals surface area (Å²) in [6.45, 7) is 0. The highest BCUT2D eigenvalue weighted by Crippen LogP contribution is 2.46. The highest BCUT2D eigenvalue weighted by atomic mass is 28.3. The molecule has 0 fully saturated rings. The summed E-state index contributed by atoms with van der Waals surface area (Å²) in [4.78, 5) is 21.3. The van der Waals surface area contributed by atoms with Crippen LogP contribution in [0, 0.1) is 0 Å². The van der Waals surface area contributed by atoms with Crippen molar-refractivity contribution in [2.75, 3.05) is 9.80 Å². The summed E-state index contributed by atoms with van der Waals surface area (Å²) in [5.41, 5.74) is 11.2. The van der Waals surface area contributed by atoms with Crippen LogP contribution in [0.1, 0.15) is 22.3 Å². The molecular weight excluding hydrogens is 821 g/mol. The van der Waals surface area contributed by atoms with Gasteiger partial charge < -0.3 is 0 Å². The Balaban J connectivity index is 1.13. The first-order valence-corrected chi connectivity index (χ1v) is 24.6. The van der Waals surface area contributed by atoms with Gasteiger partial charge >= 0.3 is 0 Å². The second kappa shape index (κ2) is 15.4. The Bertz CT molecular complexity index is 3320. The van der Waals surface area contributed by atoms with Crippen LogP contribution in [0.15, 0.2) is 231 Å². The average molecular weight is 863 g/mol. The van der Waals surface area contributed by atoms with E-state index in [1.165, 1.54) is 43.0 Å². The molecule has 0 atom stereocenters. The molecule has 0 spiro atoms. The summed E-state index contributed by atoms with van der Waals surface area (Å²) in [6, 6.07) is 83.7. The van der Waals surface area contributed by atoms with E-state index in [9.17, 15) is 0 Å². The summed E-state index contributed by atoms with van der Waals surface area (Å²) >= 11 is 0. The van der Waals surface area contributed by atoms with Gasteiger partial charge in [-0.15, -0.1) is 0 Å². The Morgan fingerprint density at radius 1 is 0.303 bits per heavy atom. The van der Waals surface area contributed by atoms with Gasteiger partial charge in [-0.1, -0.05) is 194 Å². The lowest BCUT2D eigenvalue weighted by Crippen LogP contribution is -2.74. The summed E-state index contributed by atoms with van der Waals surface area (Å²) < 4.78 is 2.28. The van der Waals surface area contributed by atoms with E-state index < -0.39 is 8.07 Å². The van der Waals surface area contributed by atoms with E-state index in [-0.39, 0.29) is 0 Å².